The summed E-state index contributed by atoms with van der Waals surface area (Å²) in [5.74, 6) is 0. The van der Waals surface area contributed by atoms with Gasteiger partial charge < -0.3 is 0 Å². The molecule has 1 unspecified atom stereocenters. The molecule has 2 saturated heterocycles. The van der Waals surface area contributed by atoms with E-state index in [9.17, 15) is 0 Å². The van der Waals surface area contributed by atoms with E-state index in [2.05, 4.69) is 0 Å². The van der Waals surface area contributed by atoms with Crippen LogP contribution >= 0.6 is 9.90 Å². The topological polar surface area (TPSA) is 15.2 Å². The van der Waals surface area contributed by atoms with Crippen LogP contribution in [-0.2, 0) is 4.94 Å². The van der Waals surface area contributed by atoms with Crippen molar-refractivity contribution in [2.24, 2.45) is 0 Å². The highest BCUT2D eigenvalue weighted by Crippen LogP contribution is 2.12. The molecule has 0 radical (unpaired) electrons. The summed E-state index contributed by atoms with van der Waals surface area (Å²) in [4.78, 5) is 5.14. The zero-order valence-electron chi connectivity index (χ0n) is 4.84. The lowest BCUT2D eigenvalue weighted by Crippen LogP contribution is -2.04. The minimum Gasteiger partial charge on any atom is -0.208 e. The molecule has 0 aromatic rings. The van der Waals surface area contributed by atoms with Crippen molar-refractivity contribution in [2.75, 3.05) is 26.2 Å². The molecule has 3 nitrogen and oxygen atoms in total. The maximum Gasteiger partial charge on any atom is 0.0412 e. The third-order valence-corrected chi connectivity index (χ3v) is 1.04. The Kier molecular flexibility index (Phi) is 1.83. The van der Waals surface area contributed by atoms with E-state index in [4.69, 9.17) is 4.94 Å². The first-order chi connectivity index (χ1) is 3.45. The summed E-state index contributed by atoms with van der Waals surface area (Å²) < 4.78 is 0. The molecule has 2 aliphatic heterocycles. The maximum absolute atomic E-state index is 5.14. The van der Waals surface area contributed by atoms with E-state index in [1.54, 1.807) is 0 Å². The molecule has 48 valence electrons. The van der Waals surface area contributed by atoms with Gasteiger partial charge in [0.15, 0.2) is 0 Å². The summed E-state index contributed by atoms with van der Waals surface area (Å²) in [6, 6.07) is 0. The molecule has 2 rings (SSSR count). The van der Waals surface area contributed by atoms with Crippen LogP contribution in [0, 0.1) is 0 Å². The molecule has 0 aliphatic carbocycles. The van der Waals surface area contributed by atoms with Crippen LogP contribution in [0.1, 0.15) is 0 Å². The number of hydrogen-bond donors (Lipinski definition) is 0. The monoisotopic (exact) mass is 134 g/mol. The van der Waals surface area contributed by atoms with Crippen LogP contribution in [0.4, 0.5) is 0 Å². The van der Waals surface area contributed by atoms with Gasteiger partial charge in [-0.25, -0.2) is 4.94 Å². The van der Waals surface area contributed by atoms with Gasteiger partial charge in [0.2, 0.25) is 0 Å². The van der Waals surface area contributed by atoms with Gasteiger partial charge in [-0.05, 0) is 0 Å². The molecule has 2 aliphatic rings. The van der Waals surface area contributed by atoms with Crippen LogP contribution in [-0.4, -0.2) is 36.3 Å². The number of hydrogen-bond acceptors (Lipinski definition) is 3. The van der Waals surface area contributed by atoms with Crippen LogP contribution in [0.25, 0.3) is 0 Å². The van der Waals surface area contributed by atoms with Gasteiger partial charge in [0.1, 0.15) is 0 Å². The van der Waals surface area contributed by atoms with Gasteiger partial charge in [0, 0.05) is 26.2 Å². The Morgan fingerprint density at radius 3 is 1.50 bits per heavy atom. The van der Waals surface area contributed by atoms with Crippen LogP contribution in [0.5, 0.6) is 0 Å². The SMILES string of the molecule is C1CN1ON1CC1.P. The van der Waals surface area contributed by atoms with Crippen molar-refractivity contribution in [3.8, 4) is 0 Å². The zero-order valence-corrected chi connectivity index (χ0v) is 6.25. The Morgan fingerprint density at radius 2 is 1.25 bits per heavy atom. The van der Waals surface area contributed by atoms with E-state index in [0.29, 0.717) is 0 Å². The minimum atomic E-state index is 0. The summed E-state index contributed by atoms with van der Waals surface area (Å²) in [7, 11) is 0. The lowest BCUT2D eigenvalue weighted by atomic mass is 11.0. The van der Waals surface area contributed by atoms with Gasteiger partial charge in [-0.15, -0.1) is 0 Å². The molecule has 0 bridgehead atoms. The van der Waals surface area contributed by atoms with Gasteiger partial charge in [-0.3, -0.25) is 0 Å². The third-order valence-electron chi connectivity index (χ3n) is 1.04. The fourth-order valence-electron chi connectivity index (χ4n) is 0.408. The standard InChI is InChI=1S/C4H8N2O.H3P/c1-2-5(1)7-6-3-4-6;/h1-4H2;1H3. The predicted molar refractivity (Wildman–Crippen MR) is 35.3 cm³/mol. The fraction of sp³-hybridized carbons (Fsp3) is 1.00. The summed E-state index contributed by atoms with van der Waals surface area (Å²) >= 11 is 0. The first-order valence-electron chi connectivity index (χ1n) is 2.63. The van der Waals surface area contributed by atoms with Crippen LogP contribution in [0.15, 0.2) is 0 Å². The highest BCUT2D eigenvalue weighted by atomic mass is 31.0. The van der Waals surface area contributed by atoms with Crippen molar-refractivity contribution >= 4 is 9.90 Å². The molecule has 8 heavy (non-hydrogen) atoms. The lowest BCUT2D eigenvalue weighted by molar-refractivity contribution is -0.209. The van der Waals surface area contributed by atoms with Gasteiger partial charge in [0.05, 0.1) is 0 Å². The average molecular weight is 134 g/mol. The Bertz CT molecular complexity index is 72.1. The average Bonchev–Trinajstić information content (AvgIpc) is 2.33. The third kappa shape index (κ3) is 1.67. The van der Waals surface area contributed by atoms with Crippen molar-refractivity contribution in [1.82, 2.24) is 10.1 Å². The van der Waals surface area contributed by atoms with E-state index in [-0.39, 0.29) is 9.90 Å². The fourth-order valence-corrected chi connectivity index (χ4v) is 0.408. The van der Waals surface area contributed by atoms with E-state index in [1.807, 2.05) is 10.1 Å². The molecule has 0 aromatic carbocycles. The lowest BCUT2D eigenvalue weighted by Gasteiger charge is -1.97. The van der Waals surface area contributed by atoms with Crippen molar-refractivity contribution in [2.45, 2.75) is 0 Å². The molecule has 2 fully saturated rings. The molecule has 2 heterocycles. The largest absolute Gasteiger partial charge is 0.208 e. The molecule has 1 atom stereocenters. The van der Waals surface area contributed by atoms with E-state index >= 15 is 0 Å². The number of nitrogens with zero attached hydrogens (tertiary/aromatic N) is 2. The second-order valence-electron chi connectivity index (χ2n) is 1.94. The smallest absolute Gasteiger partial charge is 0.0412 e. The first kappa shape index (κ1) is 6.43. The van der Waals surface area contributed by atoms with Crippen molar-refractivity contribution < 1.29 is 4.94 Å². The number of hydroxylamine groups is 4. The molecular formula is C4H11N2OP. The molecule has 0 saturated carbocycles. The predicted octanol–water partition coefficient (Wildman–Crippen LogP) is -0.478. The van der Waals surface area contributed by atoms with E-state index in [1.165, 1.54) is 0 Å². The van der Waals surface area contributed by atoms with Gasteiger partial charge in [-0.2, -0.15) is 20.0 Å². The normalized spacial score (nSPS) is 27.0. The first-order valence-corrected chi connectivity index (χ1v) is 2.63. The number of rotatable bonds is 2. The second kappa shape index (κ2) is 2.28. The highest BCUT2D eigenvalue weighted by molar-refractivity contribution is 6.92. The maximum atomic E-state index is 5.14. The van der Waals surface area contributed by atoms with Gasteiger partial charge >= 0.3 is 0 Å². The second-order valence-corrected chi connectivity index (χ2v) is 1.94. The molecule has 4 heteroatoms. The van der Waals surface area contributed by atoms with Crippen molar-refractivity contribution in [3.63, 3.8) is 0 Å². The summed E-state index contributed by atoms with van der Waals surface area (Å²) in [6.45, 7) is 4.49. The molecule has 0 amide bonds. The van der Waals surface area contributed by atoms with Gasteiger partial charge in [-0.1, -0.05) is 0 Å². The van der Waals surface area contributed by atoms with E-state index in [0.717, 1.165) is 26.2 Å². The summed E-state index contributed by atoms with van der Waals surface area (Å²) in [6.07, 6.45) is 0. The van der Waals surface area contributed by atoms with Crippen LogP contribution in [0.2, 0.25) is 0 Å². The highest BCUT2D eigenvalue weighted by Gasteiger charge is 2.27. The van der Waals surface area contributed by atoms with Crippen LogP contribution in [0.3, 0.4) is 0 Å². The Morgan fingerprint density at radius 1 is 0.875 bits per heavy atom. The minimum absolute atomic E-state index is 0. The van der Waals surface area contributed by atoms with Crippen LogP contribution < -0.4 is 0 Å². The van der Waals surface area contributed by atoms with Gasteiger partial charge in [0.25, 0.3) is 0 Å². The zero-order chi connectivity index (χ0) is 4.69. The van der Waals surface area contributed by atoms with E-state index < -0.39 is 0 Å². The summed E-state index contributed by atoms with van der Waals surface area (Å²) in [5.41, 5.74) is 0. The Hall–Kier alpha value is 0.310. The molecule has 0 aromatic heterocycles. The molecule has 0 spiro atoms. The quantitative estimate of drug-likeness (QED) is 0.374. The van der Waals surface area contributed by atoms with Crippen molar-refractivity contribution in [3.05, 3.63) is 0 Å². The van der Waals surface area contributed by atoms with Crippen molar-refractivity contribution in [1.29, 1.82) is 0 Å². The molecular weight excluding hydrogens is 123 g/mol. The Labute approximate surface area is 52.1 Å². The molecule has 0 N–H and O–H groups in total. The summed E-state index contributed by atoms with van der Waals surface area (Å²) in [5, 5.41) is 3.88. The Balaban J connectivity index is 0.000000320.